The van der Waals surface area contributed by atoms with E-state index in [0.717, 1.165) is 12.2 Å². The van der Waals surface area contributed by atoms with Gasteiger partial charge >= 0.3 is 7.60 Å². The van der Waals surface area contributed by atoms with Gasteiger partial charge in [-0.15, -0.1) is 0 Å². The van der Waals surface area contributed by atoms with Crippen LogP contribution in [-0.4, -0.2) is 45.2 Å². The van der Waals surface area contributed by atoms with Gasteiger partial charge in [0.15, 0.2) is 0 Å². The molecule has 0 saturated heterocycles. The van der Waals surface area contributed by atoms with Crippen molar-refractivity contribution in [2.75, 3.05) is 44.4 Å². The van der Waals surface area contributed by atoms with Crippen LogP contribution in [0, 0.1) is 5.82 Å². The van der Waals surface area contributed by atoms with Gasteiger partial charge in [0.2, 0.25) is 0 Å². The van der Waals surface area contributed by atoms with Gasteiger partial charge in [0, 0.05) is 24.8 Å². The summed E-state index contributed by atoms with van der Waals surface area (Å²) in [5.41, 5.74) is 2.10. The lowest BCUT2D eigenvalue weighted by molar-refractivity contribution is 0.223. The molecule has 0 radical (unpaired) electrons. The van der Waals surface area contributed by atoms with Crippen LogP contribution in [0.2, 0.25) is 0 Å². The molecular formula is C15H22FN2O3P. The first-order valence-electron chi connectivity index (χ1n) is 7.41. The minimum absolute atomic E-state index is 0.0545. The lowest BCUT2D eigenvalue weighted by Gasteiger charge is -2.21. The van der Waals surface area contributed by atoms with Gasteiger partial charge in [-0.3, -0.25) is 9.56 Å². The first-order valence-corrected chi connectivity index (χ1v) is 9.14. The number of anilines is 1. The molecule has 1 aliphatic rings. The van der Waals surface area contributed by atoms with Gasteiger partial charge in [0.1, 0.15) is 5.82 Å². The molecule has 1 aromatic carbocycles. The fourth-order valence-electron chi connectivity index (χ4n) is 2.45. The number of rotatable bonds is 6. The Bertz CT molecular complexity index is 596. The van der Waals surface area contributed by atoms with Crippen LogP contribution in [0.5, 0.6) is 0 Å². The summed E-state index contributed by atoms with van der Waals surface area (Å²) in [4.78, 5) is 6.49. The fourth-order valence-corrected chi connectivity index (χ4v) is 4.13. The SMILES string of the molecule is CCOP(=O)(CC1=NCCN(C)c2ccc(F)cc21)OCC. The zero-order valence-electron chi connectivity index (χ0n) is 13.2. The van der Waals surface area contributed by atoms with Crippen LogP contribution in [0.3, 0.4) is 0 Å². The second-order valence-electron chi connectivity index (χ2n) is 5.02. The van der Waals surface area contributed by atoms with E-state index < -0.39 is 7.60 Å². The second-order valence-corrected chi connectivity index (χ2v) is 7.07. The lowest BCUT2D eigenvalue weighted by Crippen LogP contribution is -2.20. The van der Waals surface area contributed by atoms with E-state index in [4.69, 9.17) is 9.05 Å². The number of aliphatic imine (C=N–C) groups is 1. The number of likely N-dealkylation sites (N-methyl/N-ethyl adjacent to an activating group) is 1. The molecule has 1 aromatic rings. The summed E-state index contributed by atoms with van der Waals surface area (Å²) in [6.07, 6.45) is 0.0545. The summed E-state index contributed by atoms with van der Waals surface area (Å²) in [5.74, 6) is -0.343. The first-order chi connectivity index (χ1) is 10.5. The van der Waals surface area contributed by atoms with Crippen molar-refractivity contribution in [3.05, 3.63) is 29.6 Å². The topological polar surface area (TPSA) is 51.1 Å². The monoisotopic (exact) mass is 328 g/mol. The highest BCUT2D eigenvalue weighted by atomic mass is 31.2. The molecule has 0 N–H and O–H groups in total. The standard InChI is InChI=1S/C15H22FN2O3P/c1-4-20-22(19,21-5-2)11-14-13-10-12(16)6-7-15(13)18(3)9-8-17-14/h6-7,10H,4-5,8-9,11H2,1-3H3. The van der Waals surface area contributed by atoms with E-state index in [-0.39, 0.29) is 12.0 Å². The Morgan fingerprint density at radius 2 is 2.00 bits per heavy atom. The van der Waals surface area contributed by atoms with Gasteiger partial charge in [-0.05, 0) is 32.0 Å². The molecule has 1 heterocycles. The van der Waals surface area contributed by atoms with Gasteiger partial charge < -0.3 is 13.9 Å². The molecule has 0 aromatic heterocycles. The quantitative estimate of drug-likeness (QED) is 0.752. The first kappa shape index (κ1) is 17.1. The van der Waals surface area contributed by atoms with Crippen LogP contribution in [-0.2, 0) is 13.6 Å². The van der Waals surface area contributed by atoms with Crippen LogP contribution in [0.1, 0.15) is 19.4 Å². The molecule has 0 saturated carbocycles. The predicted octanol–water partition coefficient (Wildman–Crippen LogP) is 3.33. The molecule has 7 heteroatoms. The van der Waals surface area contributed by atoms with Crippen molar-refractivity contribution in [2.45, 2.75) is 13.8 Å². The van der Waals surface area contributed by atoms with Crippen LogP contribution in [0.25, 0.3) is 0 Å². The van der Waals surface area contributed by atoms with Crippen molar-refractivity contribution in [3.8, 4) is 0 Å². The Kier molecular flexibility index (Phi) is 5.73. The molecule has 0 aliphatic carbocycles. The summed E-state index contributed by atoms with van der Waals surface area (Å²) < 4.78 is 37.1. The zero-order chi connectivity index (χ0) is 16.2. The number of benzene rings is 1. The maximum absolute atomic E-state index is 13.7. The van der Waals surface area contributed by atoms with Crippen LogP contribution in [0.4, 0.5) is 10.1 Å². The number of hydrogen-bond acceptors (Lipinski definition) is 5. The molecule has 5 nitrogen and oxygen atoms in total. The molecular weight excluding hydrogens is 306 g/mol. The maximum Gasteiger partial charge on any atom is 0.336 e. The summed E-state index contributed by atoms with van der Waals surface area (Å²) in [7, 11) is -1.34. The minimum Gasteiger partial charge on any atom is -0.372 e. The third-order valence-electron chi connectivity index (χ3n) is 3.41. The Labute approximate surface area is 130 Å². The van der Waals surface area contributed by atoms with Gasteiger partial charge in [-0.1, -0.05) is 0 Å². The molecule has 0 amide bonds. The van der Waals surface area contributed by atoms with Gasteiger partial charge in [-0.25, -0.2) is 4.39 Å². The Balaban J connectivity index is 2.38. The third kappa shape index (κ3) is 3.94. The number of benzodiazepines with no additional fused rings is 1. The van der Waals surface area contributed by atoms with E-state index in [9.17, 15) is 8.96 Å². The van der Waals surface area contributed by atoms with Crippen molar-refractivity contribution in [3.63, 3.8) is 0 Å². The Hall–Kier alpha value is -1.23. The van der Waals surface area contributed by atoms with Crippen molar-refractivity contribution in [1.29, 1.82) is 0 Å². The van der Waals surface area contributed by atoms with E-state index >= 15 is 0 Å². The van der Waals surface area contributed by atoms with E-state index in [1.807, 2.05) is 11.9 Å². The van der Waals surface area contributed by atoms with E-state index in [2.05, 4.69) is 4.99 Å². The second kappa shape index (κ2) is 7.36. The molecule has 1 aliphatic heterocycles. The van der Waals surface area contributed by atoms with Crippen molar-refractivity contribution < 1.29 is 18.0 Å². The molecule has 0 fully saturated rings. The van der Waals surface area contributed by atoms with E-state index in [1.54, 1.807) is 19.9 Å². The summed E-state index contributed by atoms with van der Waals surface area (Å²) in [5, 5.41) is 0. The molecule has 122 valence electrons. The molecule has 22 heavy (non-hydrogen) atoms. The maximum atomic E-state index is 13.7. The molecule has 0 bridgehead atoms. The molecule has 0 spiro atoms. The number of nitrogens with zero attached hydrogens (tertiary/aromatic N) is 2. The Morgan fingerprint density at radius 3 is 2.64 bits per heavy atom. The lowest BCUT2D eigenvalue weighted by atomic mass is 10.1. The minimum atomic E-state index is -3.27. The third-order valence-corrected chi connectivity index (χ3v) is 5.40. The van der Waals surface area contributed by atoms with Crippen molar-refractivity contribution in [1.82, 2.24) is 0 Å². The smallest absolute Gasteiger partial charge is 0.336 e. The van der Waals surface area contributed by atoms with E-state index in [1.165, 1.54) is 12.1 Å². The highest BCUT2D eigenvalue weighted by molar-refractivity contribution is 7.55. The average Bonchev–Trinajstić information content (AvgIpc) is 2.59. The van der Waals surface area contributed by atoms with E-state index in [0.29, 0.717) is 31.0 Å². The van der Waals surface area contributed by atoms with Crippen LogP contribution < -0.4 is 4.90 Å². The van der Waals surface area contributed by atoms with Crippen molar-refractivity contribution >= 4 is 19.0 Å². The fraction of sp³-hybridized carbons (Fsp3) is 0.533. The van der Waals surface area contributed by atoms with Crippen molar-refractivity contribution in [2.24, 2.45) is 4.99 Å². The predicted molar refractivity (Wildman–Crippen MR) is 86.8 cm³/mol. The van der Waals surface area contributed by atoms with Gasteiger partial charge in [-0.2, -0.15) is 0 Å². The van der Waals surface area contributed by atoms with Gasteiger partial charge in [0.05, 0.1) is 31.6 Å². The van der Waals surface area contributed by atoms with Gasteiger partial charge in [0.25, 0.3) is 0 Å². The van der Waals surface area contributed by atoms with Crippen LogP contribution in [0.15, 0.2) is 23.2 Å². The summed E-state index contributed by atoms with van der Waals surface area (Å²) >= 11 is 0. The molecule has 0 atom stereocenters. The summed E-state index contributed by atoms with van der Waals surface area (Å²) in [6.45, 7) is 5.39. The average molecular weight is 328 g/mol. The van der Waals surface area contributed by atoms with Crippen LogP contribution >= 0.6 is 7.60 Å². The zero-order valence-corrected chi connectivity index (χ0v) is 14.1. The number of hydrogen-bond donors (Lipinski definition) is 0. The normalized spacial score (nSPS) is 15.3. The highest BCUT2D eigenvalue weighted by Gasteiger charge is 2.29. The molecule has 0 unspecified atom stereocenters. The summed E-state index contributed by atoms with van der Waals surface area (Å²) in [6, 6.07) is 4.57. The number of halogens is 1. The molecule has 2 rings (SSSR count). The largest absolute Gasteiger partial charge is 0.372 e. The highest BCUT2D eigenvalue weighted by Crippen LogP contribution is 2.49. The Morgan fingerprint density at radius 1 is 1.32 bits per heavy atom. The number of fused-ring (bicyclic) bond motifs is 1.